The van der Waals surface area contributed by atoms with Gasteiger partial charge in [-0.15, -0.1) is 0 Å². The Labute approximate surface area is 161 Å². The van der Waals surface area contributed by atoms with Crippen LogP contribution in [0.2, 0.25) is 0 Å². The van der Waals surface area contributed by atoms with Gasteiger partial charge >= 0.3 is 6.61 Å². The fourth-order valence-corrected chi connectivity index (χ4v) is 3.63. The lowest BCUT2D eigenvalue weighted by Crippen LogP contribution is -2.35. The van der Waals surface area contributed by atoms with E-state index < -0.39 is 6.61 Å². The van der Waals surface area contributed by atoms with Crippen LogP contribution in [-0.4, -0.2) is 36.4 Å². The predicted octanol–water partition coefficient (Wildman–Crippen LogP) is 4.78. The number of hydrogen-bond acceptors (Lipinski definition) is 5. The van der Waals surface area contributed by atoms with Crippen molar-refractivity contribution in [1.29, 1.82) is 0 Å². The summed E-state index contributed by atoms with van der Waals surface area (Å²) in [5, 5.41) is 0.830. The number of hydrogen-bond donors (Lipinski definition) is 0. The number of ketones is 1. The molecule has 0 fully saturated rings. The molecule has 1 aliphatic heterocycles. The van der Waals surface area contributed by atoms with Gasteiger partial charge in [0.25, 0.3) is 0 Å². The Morgan fingerprint density at radius 2 is 1.89 bits per heavy atom. The molecule has 1 aliphatic rings. The lowest BCUT2D eigenvalue weighted by molar-refractivity contribution is -0.0498. The van der Waals surface area contributed by atoms with Gasteiger partial charge in [0.2, 0.25) is 0 Å². The number of halogens is 2. The first-order valence-corrected chi connectivity index (χ1v) is 9.61. The van der Waals surface area contributed by atoms with E-state index in [0.29, 0.717) is 5.56 Å². The Hall–Kier alpha value is -2.41. The van der Waals surface area contributed by atoms with Crippen LogP contribution in [0.3, 0.4) is 0 Å². The quantitative estimate of drug-likeness (QED) is 0.666. The van der Waals surface area contributed by atoms with E-state index in [-0.39, 0.29) is 18.1 Å². The molecule has 1 heterocycles. The normalized spacial score (nSPS) is 14.0. The van der Waals surface area contributed by atoms with Gasteiger partial charge < -0.3 is 9.64 Å². The number of Topliss-reactive ketones (excluding diaryl/α,β-unsaturated/α-hetero) is 1. The summed E-state index contributed by atoms with van der Waals surface area (Å²) in [4.78, 5) is 19.3. The highest BCUT2D eigenvalue weighted by Gasteiger charge is 2.20. The highest BCUT2D eigenvalue weighted by molar-refractivity contribution is 8.14. The number of amidine groups is 1. The molecule has 0 saturated heterocycles. The van der Waals surface area contributed by atoms with E-state index in [2.05, 4.69) is 9.73 Å². The summed E-state index contributed by atoms with van der Waals surface area (Å²) < 4.78 is 28.9. The van der Waals surface area contributed by atoms with Crippen molar-refractivity contribution < 1.29 is 18.3 Å². The van der Waals surface area contributed by atoms with Crippen LogP contribution in [-0.2, 0) is 0 Å². The van der Waals surface area contributed by atoms with Crippen LogP contribution >= 0.6 is 11.8 Å². The number of benzene rings is 2. The molecule has 0 amide bonds. The summed E-state index contributed by atoms with van der Waals surface area (Å²) in [6.45, 7) is 0.00224. The smallest absolute Gasteiger partial charge is 0.387 e. The zero-order chi connectivity index (χ0) is 19.2. The van der Waals surface area contributed by atoms with Crippen molar-refractivity contribution in [2.45, 2.75) is 20.0 Å². The average Bonchev–Trinajstić information content (AvgIpc) is 2.67. The highest BCUT2D eigenvalue weighted by atomic mass is 32.2. The third kappa shape index (κ3) is 5.29. The van der Waals surface area contributed by atoms with Gasteiger partial charge in [0.1, 0.15) is 5.75 Å². The first kappa shape index (κ1) is 19.4. The van der Waals surface area contributed by atoms with E-state index in [4.69, 9.17) is 0 Å². The van der Waals surface area contributed by atoms with Crippen molar-refractivity contribution in [3.05, 3.63) is 59.7 Å². The number of rotatable bonds is 6. The van der Waals surface area contributed by atoms with Gasteiger partial charge in [-0.25, -0.2) is 0 Å². The van der Waals surface area contributed by atoms with Crippen molar-refractivity contribution in [3.8, 4) is 5.75 Å². The number of ether oxygens (including phenoxy) is 1. The van der Waals surface area contributed by atoms with Crippen LogP contribution in [0, 0.1) is 6.92 Å². The molecule has 0 N–H and O–H groups in total. The second-order valence-corrected chi connectivity index (χ2v) is 7.18. The first-order chi connectivity index (χ1) is 13.0. The van der Waals surface area contributed by atoms with Crippen molar-refractivity contribution >= 4 is 28.4 Å². The lowest BCUT2D eigenvalue weighted by atomic mass is 10.1. The summed E-state index contributed by atoms with van der Waals surface area (Å²) >= 11 is 1.64. The number of carbonyl (C=O) groups is 1. The van der Waals surface area contributed by atoms with Crippen LogP contribution < -0.4 is 9.64 Å². The van der Waals surface area contributed by atoms with E-state index in [1.807, 2.05) is 36.1 Å². The van der Waals surface area contributed by atoms with Crippen molar-refractivity contribution in [2.24, 2.45) is 4.99 Å². The molecule has 2 aromatic carbocycles. The maximum atomic E-state index is 12.8. The molecule has 0 aliphatic carbocycles. The topological polar surface area (TPSA) is 41.9 Å². The molecule has 2 aromatic rings. The number of carbonyl (C=O) groups excluding carboxylic acids is 1. The molecular weight excluding hydrogens is 370 g/mol. The molecule has 0 atom stereocenters. The monoisotopic (exact) mass is 390 g/mol. The van der Waals surface area contributed by atoms with Crippen LogP contribution in [0.1, 0.15) is 22.3 Å². The van der Waals surface area contributed by atoms with Gasteiger partial charge in [-0.05, 0) is 49.7 Å². The number of aryl methyl sites for hydroxylation is 1. The minimum absolute atomic E-state index is 0.0316. The van der Waals surface area contributed by atoms with Crippen molar-refractivity contribution in [1.82, 2.24) is 0 Å². The molecule has 7 heteroatoms. The zero-order valence-corrected chi connectivity index (χ0v) is 15.7. The van der Waals surface area contributed by atoms with Crippen LogP contribution in [0.15, 0.2) is 53.5 Å². The molecule has 0 bridgehead atoms. The van der Waals surface area contributed by atoms with Crippen molar-refractivity contribution in [3.63, 3.8) is 0 Å². The fraction of sp³-hybridized carbons (Fsp3) is 0.300. The summed E-state index contributed by atoms with van der Waals surface area (Å²) in [6, 6.07) is 13.7. The summed E-state index contributed by atoms with van der Waals surface area (Å²) in [7, 11) is 0. The molecule has 27 heavy (non-hydrogen) atoms. The number of thioether (sulfide) groups is 1. The van der Waals surface area contributed by atoms with E-state index in [1.165, 1.54) is 24.3 Å². The fourth-order valence-electron chi connectivity index (χ4n) is 2.66. The van der Waals surface area contributed by atoms with E-state index >= 15 is 0 Å². The Bertz CT molecular complexity index is 808. The second-order valence-electron chi connectivity index (χ2n) is 6.11. The molecule has 4 nitrogen and oxygen atoms in total. The summed E-state index contributed by atoms with van der Waals surface area (Å²) in [6.07, 6.45) is 1.02. The average molecular weight is 390 g/mol. The van der Waals surface area contributed by atoms with Gasteiger partial charge in [-0.2, -0.15) is 8.78 Å². The SMILES string of the molecule is Cc1ccc(N(CC(=O)c2ccc(OC(F)F)cc2)C2=NCCCS2)cc1. The maximum absolute atomic E-state index is 12.8. The molecule has 0 radical (unpaired) electrons. The number of aliphatic imine (C=N–C) groups is 1. The molecule has 0 saturated carbocycles. The van der Waals surface area contributed by atoms with E-state index in [1.54, 1.807) is 11.8 Å². The summed E-state index contributed by atoms with van der Waals surface area (Å²) in [5.41, 5.74) is 2.48. The molecule has 0 spiro atoms. The van der Waals surface area contributed by atoms with Crippen LogP contribution in [0.25, 0.3) is 0 Å². The lowest BCUT2D eigenvalue weighted by Gasteiger charge is -2.27. The Balaban J connectivity index is 1.79. The zero-order valence-electron chi connectivity index (χ0n) is 14.9. The molecule has 0 unspecified atom stereocenters. The Morgan fingerprint density at radius 1 is 1.19 bits per heavy atom. The summed E-state index contributed by atoms with van der Waals surface area (Å²) in [5.74, 6) is 0.881. The first-order valence-electron chi connectivity index (χ1n) is 8.62. The number of nitrogens with zero attached hydrogens (tertiary/aromatic N) is 2. The largest absolute Gasteiger partial charge is 0.435 e. The second kappa shape index (κ2) is 8.99. The Kier molecular flexibility index (Phi) is 6.45. The van der Waals surface area contributed by atoms with Gasteiger partial charge in [-0.1, -0.05) is 29.5 Å². The number of alkyl halides is 2. The highest BCUT2D eigenvalue weighted by Crippen LogP contribution is 2.24. The van der Waals surface area contributed by atoms with Gasteiger partial charge in [0.05, 0.1) is 6.54 Å². The Morgan fingerprint density at radius 3 is 2.48 bits per heavy atom. The molecule has 3 rings (SSSR count). The standard InChI is InChI=1S/C20H20F2N2O2S/c1-14-3-7-16(8-4-14)24(20-23-11-2-12-27-20)13-18(25)15-5-9-17(10-6-15)26-19(21)22/h3-10,19H,2,11-13H2,1H3. The van der Waals surface area contributed by atoms with Gasteiger partial charge in [0, 0.05) is 23.5 Å². The molecule has 142 valence electrons. The van der Waals surface area contributed by atoms with E-state index in [0.717, 1.165) is 35.1 Å². The van der Waals surface area contributed by atoms with Gasteiger partial charge in [0.15, 0.2) is 11.0 Å². The van der Waals surface area contributed by atoms with Crippen LogP contribution in [0.4, 0.5) is 14.5 Å². The van der Waals surface area contributed by atoms with Crippen molar-refractivity contribution in [2.75, 3.05) is 23.7 Å². The van der Waals surface area contributed by atoms with Gasteiger partial charge in [-0.3, -0.25) is 9.79 Å². The number of anilines is 1. The van der Waals surface area contributed by atoms with Crippen LogP contribution in [0.5, 0.6) is 5.75 Å². The molecular formula is C20H20F2N2O2S. The van der Waals surface area contributed by atoms with E-state index in [9.17, 15) is 13.6 Å². The third-order valence-electron chi connectivity index (χ3n) is 4.06. The third-order valence-corrected chi connectivity index (χ3v) is 5.16. The molecule has 0 aromatic heterocycles. The minimum atomic E-state index is -2.88. The maximum Gasteiger partial charge on any atom is 0.387 e. The predicted molar refractivity (Wildman–Crippen MR) is 105 cm³/mol. The minimum Gasteiger partial charge on any atom is -0.435 e.